The number of nitrogen functional groups attached to an aromatic ring is 1. The molecule has 0 saturated heterocycles. The number of benzene rings is 2. The predicted molar refractivity (Wildman–Crippen MR) is 78.2 cm³/mol. The van der Waals surface area contributed by atoms with Gasteiger partial charge in [0.1, 0.15) is 0 Å². The Balaban J connectivity index is 2.42. The fourth-order valence-electron chi connectivity index (χ4n) is 2.16. The molecule has 0 aliphatic heterocycles. The Bertz CT molecular complexity index is 824. The Morgan fingerprint density at radius 3 is 2.48 bits per heavy atom. The molecule has 0 bridgehead atoms. The van der Waals surface area contributed by atoms with Crippen LogP contribution in [0.4, 0.5) is 18.9 Å². The second kappa shape index (κ2) is 4.77. The van der Waals surface area contributed by atoms with E-state index >= 15 is 0 Å². The fraction of sp³-hybridized carbons (Fsp3) is 0.0714. The Kier molecular flexibility index (Phi) is 3.16. The fourth-order valence-corrected chi connectivity index (χ4v) is 2.63. The van der Waals surface area contributed by atoms with Crippen LogP contribution in [0.5, 0.6) is 0 Å². The highest BCUT2D eigenvalue weighted by molar-refractivity contribution is 9.10. The van der Waals surface area contributed by atoms with Crippen LogP contribution in [0, 0.1) is 0 Å². The molecule has 3 aromatic rings. The van der Waals surface area contributed by atoms with Crippen molar-refractivity contribution in [3.05, 3.63) is 52.8 Å². The van der Waals surface area contributed by atoms with Gasteiger partial charge in [-0.2, -0.15) is 13.2 Å². The largest absolute Gasteiger partial charge is 0.450 e. The van der Waals surface area contributed by atoms with Gasteiger partial charge >= 0.3 is 6.18 Å². The van der Waals surface area contributed by atoms with Crippen LogP contribution in [0.1, 0.15) is 5.82 Å². The molecule has 0 saturated carbocycles. The Morgan fingerprint density at radius 1 is 1.10 bits per heavy atom. The van der Waals surface area contributed by atoms with E-state index in [2.05, 4.69) is 20.9 Å². The molecule has 1 heterocycles. The highest BCUT2D eigenvalue weighted by atomic mass is 79.9. The predicted octanol–water partition coefficient (Wildman–Crippen LogP) is 4.39. The normalized spacial score (nSPS) is 12.0. The Morgan fingerprint density at radius 2 is 1.81 bits per heavy atom. The topological polar surface area (TPSA) is 43.8 Å². The third kappa shape index (κ3) is 2.37. The van der Waals surface area contributed by atoms with Gasteiger partial charge in [-0.05, 0) is 46.3 Å². The van der Waals surface area contributed by atoms with E-state index in [1.165, 1.54) is 12.1 Å². The van der Waals surface area contributed by atoms with Crippen LogP contribution in [0.25, 0.3) is 16.7 Å². The second-order valence-electron chi connectivity index (χ2n) is 4.47. The molecule has 0 amide bonds. The van der Waals surface area contributed by atoms with Crippen molar-refractivity contribution in [2.45, 2.75) is 6.18 Å². The van der Waals surface area contributed by atoms with Crippen LogP contribution >= 0.6 is 15.9 Å². The minimum Gasteiger partial charge on any atom is -0.399 e. The summed E-state index contributed by atoms with van der Waals surface area (Å²) in [5, 5.41) is 0. The molecule has 2 aromatic carbocycles. The number of nitrogens with two attached hydrogens (primary N) is 1. The lowest BCUT2D eigenvalue weighted by Gasteiger charge is -2.12. The zero-order valence-electron chi connectivity index (χ0n) is 10.5. The van der Waals surface area contributed by atoms with Gasteiger partial charge in [0.15, 0.2) is 0 Å². The first kappa shape index (κ1) is 13.9. The maximum absolute atomic E-state index is 13.3. The minimum atomic E-state index is -4.57. The first-order valence-corrected chi connectivity index (χ1v) is 6.77. The standard InChI is InChI=1S/C14H9BrF3N3/c15-9-3-1-2-4-11(9)21-12-6-5-8(19)7-10(12)20-13(21)14(16,17)18/h1-7H,19H2. The summed E-state index contributed by atoms with van der Waals surface area (Å²) in [6.07, 6.45) is -4.57. The third-order valence-electron chi connectivity index (χ3n) is 3.03. The molecule has 7 heteroatoms. The highest BCUT2D eigenvalue weighted by Gasteiger charge is 2.38. The molecule has 0 atom stereocenters. The van der Waals surface area contributed by atoms with Gasteiger partial charge in [0.05, 0.1) is 16.7 Å². The summed E-state index contributed by atoms with van der Waals surface area (Å²) < 4.78 is 41.5. The summed E-state index contributed by atoms with van der Waals surface area (Å²) in [5.41, 5.74) is 6.92. The molecule has 108 valence electrons. The SMILES string of the molecule is Nc1ccc2c(c1)nc(C(F)(F)F)n2-c1ccccc1Br. The summed E-state index contributed by atoms with van der Waals surface area (Å²) in [4.78, 5) is 3.70. The van der Waals surface area contributed by atoms with Crippen molar-refractivity contribution in [1.29, 1.82) is 0 Å². The number of hydrogen-bond donors (Lipinski definition) is 1. The molecule has 1 aromatic heterocycles. The van der Waals surface area contributed by atoms with E-state index in [-0.39, 0.29) is 5.52 Å². The van der Waals surface area contributed by atoms with Crippen LogP contribution in [0.2, 0.25) is 0 Å². The number of nitrogens with zero attached hydrogens (tertiary/aromatic N) is 2. The van der Waals surface area contributed by atoms with Gasteiger partial charge in [-0.15, -0.1) is 0 Å². The third-order valence-corrected chi connectivity index (χ3v) is 3.70. The lowest BCUT2D eigenvalue weighted by atomic mass is 10.2. The number of imidazole rings is 1. The van der Waals surface area contributed by atoms with Gasteiger partial charge in [0.2, 0.25) is 5.82 Å². The molecule has 0 radical (unpaired) electrons. The molecule has 0 unspecified atom stereocenters. The first-order valence-electron chi connectivity index (χ1n) is 5.98. The van der Waals surface area contributed by atoms with Crippen molar-refractivity contribution < 1.29 is 13.2 Å². The molecule has 21 heavy (non-hydrogen) atoms. The smallest absolute Gasteiger partial charge is 0.399 e. The molecule has 0 spiro atoms. The monoisotopic (exact) mass is 355 g/mol. The number of halogens is 4. The van der Waals surface area contributed by atoms with E-state index in [4.69, 9.17) is 5.73 Å². The number of para-hydroxylation sites is 1. The number of hydrogen-bond acceptors (Lipinski definition) is 2. The van der Waals surface area contributed by atoms with Crippen LogP contribution in [0.3, 0.4) is 0 Å². The lowest BCUT2D eigenvalue weighted by molar-refractivity contribution is -0.145. The van der Waals surface area contributed by atoms with Crippen molar-refractivity contribution in [1.82, 2.24) is 9.55 Å². The summed E-state index contributed by atoms with van der Waals surface area (Å²) >= 11 is 3.28. The van der Waals surface area contributed by atoms with E-state index in [0.29, 0.717) is 21.4 Å². The van der Waals surface area contributed by atoms with Gasteiger partial charge < -0.3 is 5.73 Å². The first-order chi connectivity index (χ1) is 9.88. The Labute approximate surface area is 126 Å². The van der Waals surface area contributed by atoms with Gasteiger partial charge in [0.25, 0.3) is 0 Å². The maximum Gasteiger partial charge on any atom is 0.450 e. The van der Waals surface area contributed by atoms with Gasteiger partial charge in [-0.3, -0.25) is 4.57 Å². The molecule has 2 N–H and O–H groups in total. The van der Waals surface area contributed by atoms with E-state index in [1.54, 1.807) is 30.3 Å². The highest BCUT2D eigenvalue weighted by Crippen LogP contribution is 2.36. The van der Waals surface area contributed by atoms with Crippen molar-refractivity contribution in [2.75, 3.05) is 5.73 Å². The van der Waals surface area contributed by atoms with E-state index in [1.807, 2.05) is 0 Å². The second-order valence-corrected chi connectivity index (χ2v) is 5.32. The van der Waals surface area contributed by atoms with Crippen molar-refractivity contribution in [3.8, 4) is 5.69 Å². The maximum atomic E-state index is 13.3. The zero-order chi connectivity index (χ0) is 15.2. The molecular weight excluding hydrogens is 347 g/mol. The van der Waals surface area contributed by atoms with E-state index in [9.17, 15) is 13.2 Å². The van der Waals surface area contributed by atoms with Gasteiger partial charge in [-0.25, -0.2) is 4.98 Å². The van der Waals surface area contributed by atoms with E-state index < -0.39 is 12.0 Å². The number of aromatic nitrogens is 2. The summed E-state index contributed by atoms with van der Waals surface area (Å²) in [6, 6.07) is 11.2. The minimum absolute atomic E-state index is 0.207. The van der Waals surface area contributed by atoms with Crippen LogP contribution in [0.15, 0.2) is 46.9 Å². The summed E-state index contributed by atoms with van der Waals surface area (Å²) in [7, 11) is 0. The average molecular weight is 356 g/mol. The average Bonchev–Trinajstić information content (AvgIpc) is 2.77. The molecule has 0 fully saturated rings. The van der Waals surface area contributed by atoms with Crippen molar-refractivity contribution in [3.63, 3.8) is 0 Å². The zero-order valence-corrected chi connectivity index (χ0v) is 12.1. The summed E-state index contributed by atoms with van der Waals surface area (Å²) in [5.74, 6) is -0.977. The quantitative estimate of drug-likeness (QED) is 0.658. The molecule has 3 rings (SSSR count). The number of alkyl halides is 3. The van der Waals surface area contributed by atoms with Crippen LogP contribution in [-0.4, -0.2) is 9.55 Å². The van der Waals surface area contributed by atoms with Crippen LogP contribution < -0.4 is 5.73 Å². The van der Waals surface area contributed by atoms with Gasteiger partial charge in [-0.1, -0.05) is 12.1 Å². The molecular formula is C14H9BrF3N3. The lowest BCUT2D eigenvalue weighted by Crippen LogP contribution is -2.14. The molecule has 3 nitrogen and oxygen atoms in total. The van der Waals surface area contributed by atoms with Crippen molar-refractivity contribution >= 4 is 32.7 Å². The van der Waals surface area contributed by atoms with E-state index in [0.717, 1.165) is 4.57 Å². The summed E-state index contributed by atoms with van der Waals surface area (Å²) in [6.45, 7) is 0. The van der Waals surface area contributed by atoms with Crippen LogP contribution in [-0.2, 0) is 6.18 Å². The molecule has 0 aliphatic carbocycles. The van der Waals surface area contributed by atoms with Crippen molar-refractivity contribution in [2.24, 2.45) is 0 Å². The number of rotatable bonds is 1. The molecule has 0 aliphatic rings. The van der Waals surface area contributed by atoms with Gasteiger partial charge in [0, 0.05) is 10.2 Å². The Hall–Kier alpha value is -2.02. The number of anilines is 1. The number of fused-ring (bicyclic) bond motifs is 1.